The van der Waals surface area contributed by atoms with Gasteiger partial charge in [0.15, 0.2) is 11.6 Å². The SMILES string of the molecule is CC(C)NC(CCOc1ccccc1F)C(=O)O. The van der Waals surface area contributed by atoms with E-state index >= 15 is 0 Å². The Balaban J connectivity index is 2.44. The van der Waals surface area contributed by atoms with Crippen LogP contribution in [0.3, 0.4) is 0 Å². The number of para-hydroxylation sites is 1. The van der Waals surface area contributed by atoms with Gasteiger partial charge in [0, 0.05) is 12.5 Å². The van der Waals surface area contributed by atoms with E-state index in [1.807, 2.05) is 13.8 Å². The Labute approximate surface area is 106 Å². The largest absolute Gasteiger partial charge is 0.490 e. The van der Waals surface area contributed by atoms with Crippen LogP contribution in [0.15, 0.2) is 24.3 Å². The van der Waals surface area contributed by atoms with Crippen LogP contribution >= 0.6 is 0 Å². The van der Waals surface area contributed by atoms with Crippen LogP contribution in [0, 0.1) is 5.82 Å². The minimum Gasteiger partial charge on any atom is -0.490 e. The van der Waals surface area contributed by atoms with E-state index in [2.05, 4.69) is 5.32 Å². The van der Waals surface area contributed by atoms with Gasteiger partial charge >= 0.3 is 5.97 Å². The predicted octanol–water partition coefficient (Wildman–Crippen LogP) is 2.05. The summed E-state index contributed by atoms with van der Waals surface area (Å²) in [6, 6.07) is 5.44. The van der Waals surface area contributed by atoms with E-state index in [4.69, 9.17) is 9.84 Å². The van der Waals surface area contributed by atoms with E-state index in [1.165, 1.54) is 12.1 Å². The number of hydrogen-bond donors (Lipinski definition) is 2. The van der Waals surface area contributed by atoms with Crippen LogP contribution in [0.1, 0.15) is 20.3 Å². The summed E-state index contributed by atoms with van der Waals surface area (Å²) in [6.45, 7) is 3.89. The molecule has 0 aliphatic carbocycles. The van der Waals surface area contributed by atoms with Gasteiger partial charge < -0.3 is 15.2 Å². The molecule has 1 aromatic carbocycles. The van der Waals surface area contributed by atoms with Gasteiger partial charge in [-0.15, -0.1) is 0 Å². The number of rotatable bonds is 7. The van der Waals surface area contributed by atoms with E-state index in [0.717, 1.165) is 0 Å². The second-order valence-corrected chi connectivity index (χ2v) is 4.28. The highest BCUT2D eigenvalue weighted by Crippen LogP contribution is 2.15. The Hall–Kier alpha value is -1.62. The molecule has 0 aliphatic heterocycles. The maximum Gasteiger partial charge on any atom is 0.320 e. The molecule has 5 heteroatoms. The van der Waals surface area contributed by atoms with Crippen molar-refractivity contribution in [2.45, 2.75) is 32.4 Å². The zero-order valence-corrected chi connectivity index (χ0v) is 10.5. The van der Waals surface area contributed by atoms with E-state index in [-0.39, 0.29) is 24.8 Å². The normalized spacial score (nSPS) is 12.4. The standard InChI is InChI=1S/C13H18FNO3/c1-9(2)15-11(13(16)17)7-8-18-12-6-4-3-5-10(12)14/h3-6,9,11,15H,7-8H2,1-2H3,(H,16,17). The quantitative estimate of drug-likeness (QED) is 0.783. The summed E-state index contributed by atoms with van der Waals surface area (Å²) >= 11 is 0. The molecular weight excluding hydrogens is 237 g/mol. The number of halogens is 1. The fourth-order valence-electron chi connectivity index (χ4n) is 1.53. The number of carbonyl (C=O) groups is 1. The number of carboxylic acid groups (broad SMARTS) is 1. The van der Waals surface area contributed by atoms with Crippen molar-refractivity contribution in [3.8, 4) is 5.75 Å². The van der Waals surface area contributed by atoms with Crippen molar-refractivity contribution in [2.75, 3.05) is 6.61 Å². The van der Waals surface area contributed by atoms with E-state index in [9.17, 15) is 9.18 Å². The van der Waals surface area contributed by atoms with Gasteiger partial charge in [0.05, 0.1) is 6.61 Å². The summed E-state index contributed by atoms with van der Waals surface area (Å²) in [7, 11) is 0. The zero-order chi connectivity index (χ0) is 13.5. The van der Waals surface area contributed by atoms with Crippen molar-refractivity contribution >= 4 is 5.97 Å². The highest BCUT2D eigenvalue weighted by molar-refractivity contribution is 5.73. The fraction of sp³-hybridized carbons (Fsp3) is 0.462. The van der Waals surface area contributed by atoms with Crippen molar-refractivity contribution in [1.82, 2.24) is 5.32 Å². The first kappa shape index (κ1) is 14.4. The molecule has 0 bridgehead atoms. The van der Waals surface area contributed by atoms with Gasteiger partial charge in [-0.05, 0) is 12.1 Å². The van der Waals surface area contributed by atoms with Crippen LogP contribution in [0.2, 0.25) is 0 Å². The van der Waals surface area contributed by atoms with Crippen LogP contribution in [0.25, 0.3) is 0 Å². The lowest BCUT2D eigenvalue weighted by molar-refractivity contribution is -0.140. The van der Waals surface area contributed by atoms with Crippen molar-refractivity contribution in [3.05, 3.63) is 30.1 Å². The first-order chi connectivity index (χ1) is 8.50. The molecule has 18 heavy (non-hydrogen) atoms. The van der Waals surface area contributed by atoms with Gasteiger partial charge in [-0.25, -0.2) is 4.39 Å². The van der Waals surface area contributed by atoms with Crippen LogP contribution in [0.4, 0.5) is 4.39 Å². The number of hydrogen-bond acceptors (Lipinski definition) is 3. The van der Waals surface area contributed by atoms with Gasteiger partial charge in [0.2, 0.25) is 0 Å². The Morgan fingerprint density at radius 3 is 2.67 bits per heavy atom. The highest BCUT2D eigenvalue weighted by Gasteiger charge is 2.18. The van der Waals surface area contributed by atoms with Gasteiger partial charge in [-0.2, -0.15) is 0 Å². The molecule has 1 aromatic rings. The molecule has 0 fully saturated rings. The summed E-state index contributed by atoms with van der Waals surface area (Å²) in [4.78, 5) is 11.0. The fourth-order valence-corrected chi connectivity index (χ4v) is 1.53. The smallest absolute Gasteiger partial charge is 0.320 e. The molecule has 0 heterocycles. The molecule has 1 unspecified atom stereocenters. The summed E-state index contributed by atoms with van der Waals surface area (Å²) in [6.07, 6.45) is 0.280. The first-order valence-corrected chi connectivity index (χ1v) is 5.87. The number of aliphatic carboxylic acids is 1. The van der Waals surface area contributed by atoms with E-state index in [1.54, 1.807) is 12.1 Å². The second-order valence-electron chi connectivity index (χ2n) is 4.28. The third-order valence-corrected chi connectivity index (χ3v) is 2.33. The Morgan fingerprint density at radius 2 is 2.11 bits per heavy atom. The number of nitrogens with one attached hydrogen (secondary N) is 1. The molecule has 0 aliphatic rings. The maximum absolute atomic E-state index is 13.2. The van der Waals surface area contributed by atoms with E-state index < -0.39 is 17.8 Å². The number of ether oxygens (including phenoxy) is 1. The van der Waals surface area contributed by atoms with Crippen molar-refractivity contribution in [2.24, 2.45) is 0 Å². The van der Waals surface area contributed by atoms with Gasteiger partial charge in [0.25, 0.3) is 0 Å². The molecule has 0 spiro atoms. The van der Waals surface area contributed by atoms with Crippen LogP contribution in [0.5, 0.6) is 5.75 Å². The molecule has 1 atom stereocenters. The van der Waals surface area contributed by atoms with Crippen molar-refractivity contribution in [3.63, 3.8) is 0 Å². The molecule has 0 amide bonds. The molecule has 4 nitrogen and oxygen atoms in total. The van der Waals surface area contributed by atoms with Crippen molar-refractivity contribution < 1.29 is 19.0 Å². The molecule has 0 saturated carbocycles. The lowest BCUT2D eigenvalue weighted by Gasteiger charge is -2.17. The Kier molecular flexibility index (Phi) is 5.58. The van der Waals surface area contributed by atoms with Crippen molar-refractivity contribution in [1.29, 1.82) is 0 Å². The first-order valence-electron chi connectivity index (χ1n) is 5.87. The monoisotopic (exact) mass is 255 g/mol. The Morgan fingerprint density at radius 1 is 1.44 bits per heavy atom. The second kappa shape index (κ2) is 6.96. The average Bonchev–Trinajstić information content (AvgIpc) is 2.29. The molecular formula is C13H18FNO3. The predicted molar refractivity (Wildman–Crippen MR) is 66.2 cm³/mol. The molecule has 0 aromatic heterocycles. The third-order valence-electron chi connectivity index (χ3n) is 2.33. The number of benzene rings is 1. The van der Waals surface area contributed by atoms with Gasteiger partial charge in [0.1, 0.15) is 6.04 Å². The van der Waals surface area contributed by atoms with Gasteiger partial charge in [-0.1, -0.05) is 26.0 Å². The lowest BCUT2D eigenvalue weighted by Crippen LogP contribution is -2.41. The Bertz CT molecular complexity index is 396. The van der Waals surface area contributed by atoms with Gasteiger partial charge in [-0.3, -0.25) is 4.79 Å². The molecule has 0 radical (unpaired) electrons. The lowest BCUT2D eigenvalue weighted by atomic mass is 10.2. The summed E-state index contributed by atoms with van der Waals surface area (Å²) in [5.74, 6) is -1.23. The molecule has 100 valence electrons. The third kappa shape index (κ3) is 4.71. The summed E-state index contributed by atoms with van der Waals surface area (Å²) < 4.78 is 18.4. The minimum absolute atomic E-state index is 0.0690. The van der Waals surface area contributed by atoms with Crippen LogP contribution < -0.4 is 10.1 Å². The molecule has 1 rings (SSSR count). The molecule has 2 N–H and O–H groups in total. The molecule has 0 saturated heterocycles. The van der Waals surface area contributed by atoms with E-state index in [0.29, 0.717) is 0 Å². The zero-order valence-electron chi connectivity index (χ0n) is 10.5. The topological polar surface area (TPSA) is 58.6 Å². The van der Waals surface area contributed by atoms with Crippen LogP contribution in [-0.2, 0) is 4.79 Å². The van der Waals surface area contributed by atoms with Crippen LogP contribution in [-0.4, -0.2) is 29.8 Å². The minimum atomic E-state index is -0.930. The average molecular weight is 255 g/mol. The highest BCUT2D eigenvalue weighted by atomic mass is 19.1. The number of carboxylic acids is 1. The maximum atomic E-state index is 13.2. The summed E-state index contributed by atoms with van der Waals surface area (Å²) in [5.41, 5.74) is 0. The summed E-state index contributed by atoms with van der Waals surface area (Å²) in [5, 5.41) is 11.9.